The molecule has 0 aromatic heterocycles. The monoisotopic (exact) mass is 391 g/mol. The summed E-state index contributed by atoms with van der Waals surface area (Å²) in [5, 5.41) is 3.03. The molecule has 2 aromatic carbocycles. The maximum absolute atomic E-state index is 13.2. The molecule has 0 spiro atoms. The first kappa shape index (κ1) is 19.6. The minimum atomic E-state index is -0.859. The van der Waals surface area contributed by atoms with E-state index in [1.807, 2.05) is 35.2 Å². The molecule has 1 saturated carbocycles. The maximum atomic E-state index is 13.2. The summed E-state index contributed by atoms with van der Waals surface area (Å²) in [5.41, 5.74) is 2.35. The van der Waals surface area contributed by atoms with Gasteiger partial charge in [-0.05, 0) is 36.5 Å². The number of carbonyl (C=O) groups excluding carboxylic acids is 2. The number of piperazine rings is 1. The average Bonchev–Trinajstić information content (AvgIpc) is 3.57. The van der Waals surface area contributed by atoms with Crippen molar-refractivity contribution < 1.29 is 9.59 Å². The number of rotatable bonds is 6. The quantitative estimate of drug-likeness (QED) is 0.769. The van der Waals surface area contributed by atoms with Gasteiger partial charge in [-0.25, -0.2) is 0 Å². The summed E-state index contributed by atoms with van der Waals surface area (Å²) in [5.74, 6) is -0.140. The lowest BCUT2D eigenvalue weighted by molar-refractivity contribution is -0.143. The van der Waals surface area contributed by atoms with Crippen LogP contribution >= 0.6 is 0 Å². The lowest BCUT2D eigenvalue weighted by atomic mass is 10.0. The van der Waals surface area contributed by atoms with Gasteiger partial charge in [-0.2, -0.15) is 0 Å². The molecule has 5 heteroatoms. The Morgan fingerprint density at radius 2 is 1.59 bits per heavy atom. The highest BCUT2D eigenvalue weighted by Crippen LogP contribution is 2.48. The van der Waals surface area contributed by atoms with Crippen LogP contribution in [0.2, 0.25) is 0 Å². The van der Waals surface area contributed by atoms with E-state index in [0.717, 1.165) is 37.3 Å². The first-order valence-electron chi connectivity index (χ1n) is 10.6. The fourth-order valence-corrected chi connectivity index (χ4v) is 4.11. The van der Waals surface area contributed by atoms with Crippen LogP contribution in [0.3, 0.4) is 0 Å². The third kappa shape index (κ3) is 4.20. The molecule has 2 aromatic rings. The van der Waals surface area contributed by atoms with Crippen LogP contribution in [-0.4, -0.2) is 47.8 Å². The molecule has 5 nitrogen and oxygen atoms in total. The molecule has 2 fully saturated rings. The van der Waals surface area contributed by atoms with E-state index < -0.39 is 5.41 Å². The van der Waals surface area contributed by atoms with Crippen LogP contribution in [0.25, 0.3) is 0 Å². The number of nitrogens with zero attached hydrogens (tertiary/aromatic N) is 2. The van der Waals surface area contributed by atoms with Crippen molar-refractivity contribution in [2.45, 2.75) is 32.7 Å². The van der Waals surface area contributed by atoms with Crippen molar-refractivity contribution in [3.8, 4) is 0 Å². The molecule has 152 valence electrons. The fraction of sp³-hybridized carbons (Fsp3) is 0.417. The van der Waals surface area contributed by atoms with E-state index in [0.29, 0.717) is 25.9 Å². The highest BCUT2D eigenvalue weighted by atomic mass is 16.2. The van der Waals surface area contributed by atoms with Crippen LogP contribution in [-0.2, 0) is 22.6 Å². The summed E-state index contributed by atoms with van der Waals surface area (Å²) in [6, 6.07) is 18.2. The van der Waals surface area contributed by atoms with Gasteiger partial charge in [0.15, 0.2) is 0 Å². The molecular formula is C24H29N3O2. The zero-order valence-corrected chi connectivity index (χ0v) is 17.1. The Labute approximate surface area is 172 Å². The van der Waals surface area contributed by atoms with Gasteiger partial charge in [0, 0.05) is 38.4 Å². The molecule has 0 bridgehead atoms. The van der Waals surface area contributed by atoms with Gasteiger partial charge < -0.3 is 10.2 Å². The van der Waals surface area contributed by atoms with Gasteiger partial charge in [-0.15, -0.1) is 0 Å². The van der Waals surface area contributed by atoms with Gasteiger partial charge in [-0.3, -0.25) is 14.5 Å². The lowest BCUT2D eigenvalue weighted by Gasteiger charge is -2.36. The number of anilines is 1. The van der Waals surface area contributed by atoms with Crippen molar-refractivity contribution in [1.29, 1.82) is 0 Å². The fourth-order valence-electron chi connectivity index (χ4n) is 4.11. The Kier molecular flexibility index (Phi) is 5.67. The molecule has 0 atom stereocenters. The van der Waals surface area contributed by atoms with Crippen LogP contribution in [0.4, 0.5) is 5.69 Å². The number of amides is 2. The van der Waals surface area contributed by atoms with Crippen LogP contribution in [0.15, 0.2) is 54.6 Å². The topological polar surface area (TPSA) is 52.7 Å². The summed E-state index contributed by atoms with van der Waals surface area (Å²) < 4.78 is 0. The van der Waals surface area contributed by atoms with E-state index in [-0.39, 0.29) is 11.8 Å². The molecule has 1 aliphatic heterocycles. The van der Waals surface area contributed by atoms with Gasteiger partial charge >= 0.3 is 0 Å². The number of aryl methyl sites for hydroxylation is 1. The Bertz CT molecular complexity index is 869. The van der Waals surface area contributed by atoms with Crippen LogP contribution in [0, 0.1) is 5.41 Å². The highest BCUT2D eigenvalue weighted by molar-refractivity contribution is 6.13. The van der Waals surface area contributed by atoms with Gasteiger partial charge in [0.1, 0.15) is 5.41 Å². The number of benzene rings is 2. The van der Waals surface area contributed by atoms with E-state index in [1.165, 1.54) is 5.56 Å². The van der Waals surface area contributed by atoms with Crippen molar-refractivity contribution in [3.63, 3.8) is 0 Å². The van der Waals surface area contributed by atoms with Crippen molar-refractivity contribution in [2.75, 3.05) is 31.5 Å². The molecule has 0 unspecified atom stereocenters. The molecule has 2 aliphatic rings. The second kappa shape index (κ2) is 8.37. The predicted octanol–water partition coefficient (Wildman–Crippen LogP) is 3.31. The Balaban J connectivity index is 1.35. The largest absolute Gasteiger partial charge is 0.339 e. The number of nitrogens with one attached hydrogen (secondary N) is 1. The predicted molar refractivity (Wildman–Crippen MR) is 114 cm³/mol. The Morgan fingerprint density at radius 3 is 2.24 bits per heavy atom. The van der Waals surface area contributed by atoms with E-state index in [9.17, 15) is 9.59 Å². The number of para-hydroxylation sites is 1. The van der Waals surface area contributed by atoms with E-state index in [1.54, 1.807) is 0 Å². The molecule has 4 rings (SSSR count). The van der Waals surface area contributed by atoms with Crippen molar-refractivity contribution >= 4 is 17.5 Å². The number of carbonyl (C=O) groups is 2. The molecule has 2 amide bonds. The van der Waals surface area contributed by atoms with Crippen molar-refractivity contribution in [3.05, 3.63) is 65.7 Å². The molecule has 1 N–H and O–H groups in total. The third-order valence-corrected chi connectivity index (χ3v) is 6.15. The smallest absolute Gasteiger partial charge is 0.240 e. The highest BCUT2D eigenvalue weighted by Gasteiger charge is 2.58. The number of hydrogen-bond donors (Lipinski definition) is 1. The van der Waals surface area contributed by atoms with E-state index >= 15 is 0 Å². The average molecular weight is 392 g/mol. The zero-order chi connectivity index (χ0) is 20.3. The summed E-state index contributed by atoms with van der Waals surface area (Å²) in [6.07, 6.45) is 2.15. The first-order valence-corrected chi connectivity index (χ1v) is 10.6. The van der Waals surface area contributed by atoms with Gasteiger partial charge in [0.05, 0.1) is 0 Å². The lowest BCUT2D eigenvalue weighted by Crippen LogP contribution is -2.52. The SMILES string of the molecule is CCc1ccccc1NC(=O)C1(C(=O)N2CCN(Cc3ccccc3)CC2)CC1. The van der Waals surface area contributed by atoms with E-state index in [2.05, 4.69) is 41.4 Å². The maximum Gasteiger partial charge on any atom is 0.240 e. The van der Waals surface area contributed by atoms with Crippen LogP contribution < -0.4 is 5.32 Å². The summed E-state index contributed by atoms with van der Waals surface area (Å²) >= 11 is 0. The number of hydrogen-bond acceptors (Lipinski definition) is 3. The normalized spacial score (nSPS) is 18.3. The summed E-state index contributed by atoms with van der Waals surface area (Å²) in [4.78, 5) is 30.4. The molecule has 1 saturated heterocycles. The Morgan fingerprint density at radius 1 is 0.931 bits per heavy atom. The second-order valence-corrected chi connectivity index (χ2v) is 8.10. The molecular weight excluding hydrogens is 362 g/mol. The standard InChI is InChI=1S/C24H29N3O2/c1-2-20-10-6-7-11-21(20)25-22(28)24(12-13-24)23(29)27-16-14-26(15-17-27)18-19-8-4-3-5-9-19/h3-11H,2,12-18H2,1H3,(H,25,28). The first-order chi connectivity index (χ1) is 14.1. The molecule has 1 aliphatic carbocycles. The second-order valence-electron chi connectivity index (χ2n) is 8.10. The van der Waals surface area contributed by atoms with Gasteiger partial charge in [-0.1, -0.05) is 55.5 Å². The molecule has 0 radical (unpaired) electrons. The summed E-state index contributed by atoms with van der Waals surface area (Å²) in [6.45, 7) is 6.03. The van der Waals surface area contributed by atoms with Gasteiger partial charge in [0.25, 0.3) is 0 Å². The minimum absolute atomic E-state index is 0.00309. The Hall–Kier alpha value is -2.66. The summed E-state index contributed by atoms with van der Waals surface area (Å²) in [7, 11) is 0. The zero-order valence-electron chi connectivity index (χ0n) is 17.1. The van der Waals surface area contributed by atoms with Crippen molar-refractivity contribution in [1.82, 2.24) is 9.80 Å². The van der Waals surface area contributed by atoms with Gasteiger partial charge in [0.2, 0.25) is 11.8 Å². The minimum Gasteiger partial charge on any atom is -0.339 e. The van der Waals surface area contributed by atoms with Crippen LogP contribution in [0.5, 0.6) is 0 Å². The molecule has 29 heavy (non-hydrogen) atoms. The van der Waals surface area contributed by atoms with E-state index in [4.69, 9.17) is 0 Å². The third-order valence-electron chi connectivity index (χ3n) is 6.15. The molecule has 1 heterocycles. The van der Waals surface area contributed by atoms with Crippen molar-refractivity contribution in [2.24, 2.45) is 5.41 Å². The van der Waals surface area contributed by atoms with Crippen LogP contribution in [0.1, 0.15) is 30.9 Å².